The molecule has 1 saturated heterocycles. The normalized spacial score (nSPS) is 23.2. The maximum Gasteiger partial charge on any atom is 0.172 e. The van der Waals surface area contributed by atoms with E-state index in [1.807, 2.05) is 19.1 Å². The molecular formula is C16H24BrNO3. The lowest BCUT2D eigenvalue weighted by atomic mass is 10.1. The molecule has 1 N–H and O–H groups in total. The van der Waals surface area contributed by atoms with Gasteiger partial charge in [-0.2, -0.15) is 0 Å². The third-order valence-corrected chi connectivity index (χ3v) is 4.43. The van der Waals surface area contributed by atoms with E-state index >= 15 is 0 Å². The Labute approximate surface area is 135 Å². The van der Waals surface area contributed by atoms with E-state index in [0.29, 0.717) is 22.9 Å². The number of halogens is 1. The van der Waals surface area contributed by atoms with Crippen LogP contribution in [-0.4, -0.2) is 41.9 Å². The minimum absolute atomic E-state index is 0.169. The summed E-state index contributed by atoms with van der Waals surface area (Å²) in [5, 5.41) is 9.99. The standard InChI is InChI=1S/C16H24BrNO3/c1-4-13-10-21-11(3)8-18(13)9-12-6-14(17)16(19)15(7-12)20-5-2/h6-7,11,13,19H,4-5,8-10H2,1-3H3. The number of ether oxygens (including phenoxy) is 2. The van der Waals surface area contributed by atoms with Crippen molar-refractivity contribution in [1.29, 1.82) is 0 Å². The van der Waals surface area contributed by atoms with E-state index in [1.165, 1.54) is 0 Å². The van der Waals surface area contributed by atoms with Crippen molar-refractivity contribution >= 4 is 15.9 Å². The van der Waals surface area contributed by atoms with Crippen LogP contribution in [0.2, 0.25) is 0 Å². The fourth-order valence-corrected chi connectivity index (χ4v) is 3.19. The Hall–Kier alpha value is -0.780. The summed E-state index contributed by atoms with van der Waals surface area (Å²) in [6.45, 7) is 9.31. The van der Waals surface area contributed by atoms with E-state index in [9.17, 15) is 5.11 Å². The Balaban J connectivity index is 2.17. The fraction of sp³-hybridized carbons (Fsp3) is 0.625. The molecule has 1 heterocycles. The summed E-state index contributed by atoms with van der Waals surface area (Å²) in [4.78, 5) is 2.45. The second-order valence-electron chi connectivity index (χ2n) is 5.49. The van der Waals surface area contributed by atoms with Crippen LogP contribution < -0.4 is 4.74 Å². The molecular weight excluding hydrogens is 334 g/mol. The second-order valence-corrected chi connectivity index (χ2v) is 6.35. The van der Waals surface area contributed by atoms with E-state index in [-0.39, 0.29) is 11.9 Å². The summed E-state index contributed by atoms with van der Waals surface area (Å²) < 4.78 is 11.9. The predicted molar refractivity (Wildman–Crippen MR) is 86.9 cm³/mol. The quantitative estimate of drug-likeness (QED) is 0.874. The average molecular weight is 358 g/mol. The van der Waals surface area contributed by atoms with Crippen molar-refractivity contribution in [3.63, 3.8) is 0 Å². The van der Waals surface area contributed by atoms with Gasteiger partial charge < -0.3 is 14.6 Å². The zero-order valence-electron chi connectivity index (χ0n) is 12.9. The molecule has 1 aliphatic heterocycles. The Morgan fingerprint density at radius 1 is 1.43 bits per heavy atom. The lowest BCUT2D eigenvalue weighted by Gasteiger charge is -2.38. The highest BCUT2D eigenvalue weighted by Crippen LogP contribution is 2.36. The highest BCUT2D eigenvalue weighted by molar-refractivity contribution is 9.10. The second kappa shape index (κ2) is 7.47. The minimum atomic E-state index is 0.169. The van der Waals surface area contributed by atoms with Gasteiger partial charge in [0.2, 0.25) is 0 Å². The van der Waals surface area contributed by atoms with Crippen molar-refractivity contribution in [3.8, 4) is 11.5 Å². The lowest BCUT2D eigenvalue weighted by molar-refractivity contribution is -0.0592. The monoisotopic (exact) mass is 357 g/mol. The highest BCUT2D eigenvalue weighted by Gasteiger charge is 2.25. The number of phenols is 1. The maximum absolute atomic E-state index is 9.99. The first kappa shape index (κ1) is 16.6. The molecule has 5 heteroatoms. The van der Waals surface area contributed by atoms with E-state index in [4.69, 9.17) is 9.47 Å². The molecule has 0 aliphatic carbocycles. The molecule has 2 unspecified atom stereocenters. The number of benzene rings is 1. The maximum atomic E-state index is 9.99. The first-order chi connectivity index (χ1) is 10.0. The molecule has 0 bridgehead atoms. The Kier molecular flexibility index (Phi) is 5.90. The van der Waals surface area contributed by atoms with Gasteiger partial charge in [0.05, 0.1) is 23.8 Å². The van der Waals surface area contributed by atoms with E-state index in [1.54, 1.807) is 0 Å². The van der Waals surface area contributed by atoms with Gasteiger partial charge in [0.1, 0.15) is 0 Å². The van der Waals surface area contributed by atoms with Crippen LogP contribution in [0.5, 0.6) is 11.5 Å². The number of rotatable bonds is 5. The molecule has 1 fully saturated rings. The van der Waals surface area contributed by atoms with Crippen LogP contribution in [0.15, 0.2) is 16.6 Å². The zero-order chi connectivity index (χ0) is 15.4. The molecule has 21 heavy (non-hydrogen) atoms. The molecule has 2 rings (SSSR count). The summed E-state index contributed by atoms with van der Waals surface area (Å²) in [6, 6.07) is 4.34. The van der Waals surface area contributed by atoms with Crippen LogP contribution >= 0.6 is 15.9 Å². The first-order valence-corrected chi connectivity index (χ1v) is 8.34. The van der Waals surface area contributed by atoms with Gasteiger partial charge >= 0.3 is 0 Å². The minimum Gasteiger partial charge on any atom is -0.503 e. The van der Waals surface area contributed by atoms with Crippen molar-refractivity contribution in [2.75, 3.05) is 19.8 Å². The summed E-state index contributed by atoms with van der Waals surface area (Å²) in [5.74, 6) is 0.708. The van der Waals surface area contributed by atoms with Crippen LogP contribution in [0.25, 0.3) is 0 Å². The van der Waals surface area contributed by atoms with Crippen LogP contribution in [-0.2, 0) is 11.3 Å². The van der Waals surface area contributed by atoms with Crippen LogP contribution in [0, 0.1) is 0 Å². The van der Waals surface area contributed by atoms with E-state index in [0.717, 1.165) is 31.7 Å². The smallest absolute Gasteiger partial charge is 0.172 e. The molecule has 0 saturated carbocycles. The molecule has 0 amide bonds. The van der Waals surface area contributed by atoms with Crippen molar-refractivity contribution in [1.82, 2.24) is 4.90 Å². The number of hydrogen-bond acceptors (Lipinski definition) is 4. The summed E-state index contributed by atoms with van der Waals surface area (Å²) in [6.07, 6.45) is 1.34. The molecule has 1 aromatic carbocycles. The number of morpholine rings is 1. The van der Waals surface area contributed by atoms with Gasteiger partial charge in [0, 0.05) is 19.1 Å². The lowest BCUT2D eigenvalue weighted by Crippen LogP contribution is -2.47. The topological polar surface area (TPSA) is 41.9 Å². The molecule has 4 nitrogen and oxygen atoms in total. The van der Waals surface area contributed by atoms with Crippen LogP contribution in [0.1, 0.15) is 32.8 Å². The van der Waals surface area contributed by atoms with E-state index < -0.39 is 0 Å². The largest absolute Gasteiger partial charge is 0.503 e. The van der Waals surface area contributed by atoms with Crippen molar-refractivity contribution in [2.45, 2.75) is 45.9 Å². The fourth-order valence-electron chi connectivity index (χ4n) is 2.70. The van der Waals surface area contributed by atoms with Gasteiger partial charge in [-0.1, -0.05) is 6.92 Å². The number of nitrogens with zero attached hydrogens (tertiary/aromatic N) is 1. The molecule has 0 spiro atoms. The van der Waals surface area contributed by atoms with Gasteiger partial charge in [-0.3, -0.25) is 4.90 Å². The third kappa shape index (κ3) is 4.11. The van der Waals surface area contributed by atoms with Gasteiger partial charge in [-0.05, 0) is 53.9 Å². The van der Waals surface area contributed by atoms with Crippen molar-refractivity contribution < 1.29 is 14.6 Å². The van der Waals surface area contributed by atoms with Crippen molar-refractivity contribution in [3.05, 3.63) is 22.2 Å². The van der Waals surface area contributed by atoms with Gasteiger partial charge in [0.25, 0.3) is 0 Å². The van der Waals surface area contributed by atoms with Crippen LogP contribution in [0.3, 0.4) is 0 Å². The SMILES string of the molecule is CCOc1cc(CN2CC(C)OCC2CC)cc(Br)c1O. The molecule has 0 aromatic heterocycles. The van der Waals surface area contributed by atoms with Gasteiger partial charge in [0.15, 0.2) is 11.5 Å². The number of aromatic hydroxyl groups is 1. The Morgan fingerprint density at radius 3 is 2.86 bits per heavy atom. The van der Waals surface area contributed by atoms with Gasteiger partial charge in [-0.15, -0.1) is 0 Å². The molecule has 1 aliphatic rings. The van der Waals surface area contributed by atoms with Gasteiger partial charge in [-0.25, -0.2) is 0 Å². The molecule has 2 atom stereocenters. The third-order valence-electron chi connectivity index (χ3n) is 3.83. The summed E-state index contributed by atoms with van der Waals surface area (Å²) in [7, 11) is 0. The summed E-state index contributed by atoms with van der Waals surface area (Å²) >= 11 is 3.40. The summed E-state index contributed by atoms with van der Waals surface area (Å²) in [5.41, 5.74) is 1.13. The van der Waals surface area contributed by atoms with E-state index in [2.05, 4.69) is 34.7 Å². The predicted octanol–water partition coefficient (Wildman–Crippen LogP) is 3.55. The Morgan fingerprint density at radius 2 is 2.19 bits per heavy atom. The average Bonchev–Trinajstić information content (AvgIpc) is 2.45. The van der Waals surface area contributed by atoms with Crippen LogP contribution in [0.4, 0.5) is 0 Å². The molecule has 1 aromatic rings. The zero-order valence-corrected chi connectivity index (χ0v) is 14.5. The molecule has 0 radical (unpaired) electrons. The first-order valence-electron chi connectivity index (χ1n) is 7.54. The number of hydrogen-bond donors (Lipinski definition) is 1. The Bertz CT molecular complexity index is 481. The molecule has 118 valence electrons. The van der Waals surface area contributed by atoms with Crippen molar-refractivity contribution in [2.24, 2.45) is 0 Å². The number of phenolic OH excluding ortho intramolecular Hbond substituents is 1. The highest BCUT2D eigenvalue weighted by atomic mass is 79.9.